The average Bonchev–Trinajstić information content (AvgIpc) is 2.30. The van der Waals surface area contributed by atoms with Gasteiger partial charge in [0.05, 0.1) is 6.10 Å². The zero-order valence-electron chi connectivity index (χ0n) is 9.56. The van der Waals surface area contributed by atoms with Gasteiger partial charge in [0, 0.05) is 24.2 Å². The highest BCUT2D eigenvalue weighted by molar-refractivity contribution is 6.31. The van der Waals surface area contributed by atoms with Gasteiger partial charge in [0.25, 0.3) is 0 Å². The summed E-state index contributed by atoms with van der Waals surface area (Å²) >= 11 is 6.19. The summed E-state index contributed by atoms with van der Waals surface area (Å²) < 4.78 is 0. The normalized spacial score (nSPS) is 20.9. The lowest BCUT2D eigenvalue weighted by Gasteiger charge is -2.34. The molecule has 3 heteroatoms. The van der Waals surface area contributed by atoms with Crippen LogP contribution in [0, 0.1) is 0 Å². The molecule has 1 N–H and O–H groups in total. The molecular formula is C13H18ClNO. The molecule has 0 saturated carbocycles. The predicted molar refractivity (Wildman–Crippen MR) is 66.7 cm³/mol. The molecule has 1 heterocycles. The molecule has 0 bridgehead atoms. The molecule has 1 aliphatic rings. The highest BCUT2D eigenvalue weighted by Crippen LogP contribution is 2.29. The van der Waals surface area contributed by atoms with Crippen molar-refractivity contribution in [2.45, 2.75) is 31.9 Å². The van der Waals surface area contributed by atoms with Crippen molar-refractivity contribution in [3.63, 3.8) is 0 Å². The molecule has 0 amide bonds. The lowest BCUT2D eigenvalue weighted by atomic mass is 10.0. The minimum atomic E-state index is -0.116. The number of rotatable bonds is 2. The molecule has 0 aliphatic carbocycles. The van der Waals surface area contributed by atoms with Gasteiger partial charge in [0.15, 0.2) is 0 Å². The summed E-state index contributed by atoms with van der Waals surface area (Å²) in [5.74, 6) is 0. The lowest BCUT2D eigenvalue weighted by molar-refractivity contribution is 0.0645. The number of halogens is 1. The smallest absolute Gasteiger partial charge is 0.0564 e. The van der Waals surface area contributed by atoms with Gasteiger partial charge in [-0.15, -0.1) is 0 Å². The zero-order chi connectivity index (χ0) is 11.5. The third kappa shape index (κ3) is 2.57. The number of hydrogen-bond acceptors (Lipinski definition) is 2. The van der Waals surface area contributed by atoms with Crippen LogP contribution in [0.3, 0.4) is 0 Å². The van der Waals surface area contributed by atoms with E-state index in [1.807, 2.05) is 18.2 Å². The van der Waals surface area contributed by atoms with Crippen molar-refractivity contribution >= 4 is 11.6 Å². The Kier molecular flexibility index (Phi) is 3.85. The Labute approximate surface area is 102 Å². The minimum Gasteiger partial charge on any atom is -0.393 e. The summed E-state index contributed by atoms with van der Waals surface area (Å²) in [7, 11) is 0. The van der Waals surface area contributed by atoms with Crippen LogP contribution < -0.4 is 0 Å². The lowest BCUT2D eigenvalue weighted by Crippen LogP contribution is -2.37. The molecule has 1 aromatic rings. The number of piperidine rings is 1. The van der Waals surface area contributed by atoms with Crippen LogP contribution in [0.15, 0.2) is 24.3 Å². The van der Waals surface area contributed by atoms with Crippen LogP contribution >= 0.6 is 11.6 Å². The Morgan fingerprint density at radius 3 is 2.56 bits per heavy atom. The molecule has 0 aromatic heterocycles. The molecule has 2 nitrogen and oxygen atoms in total. The highest BCUT2D eigenvalue weighted by atomic mass is 35.5. The van der Waals surface area contributed by atoms with Gasteiger partial charge in [-0.25, -0.2) is 0 Å². The number of aliphatic hydroxyl groups is 1. The van der Waals surface area contributed by atoms with Crippen molar-refractivity contribution < 1.29 is 5.11 Å². The first-order valence-electron chi connectivity index (χ1n) is 5.85. The third-order valence-corrected chi connectivity index (χ3v) is 3.75. The molecule has 0 spiro atoms. The first-order chi connectivity index (χ1) is 7.68. The molecule has 1 unspecified atom stereocenters. The van der Waals surface area contributed by atoms with Crippen LogP contribution in [0.5, 0.6) is 0 Å². The molecule has 1 saturated heterocycles. The van der Waals surface area contributed by atoms with E-state index in [9.17, 15) is 5.11 Å². The monoisotopic (exact) mass is 239 g/mol. The van der Waals surface area contributed by atoms with Crippen LogP contribution in [0.25, 0.3) is 0 Å². The Hall–Kier alpha value is -0.570. The van der Waals surface area contributed by atoms with Gasteiger partial charge in [0.1, 0.15) is 0 Å². The fourth-order valence-corrected chi connectivity index (χ4v) is 2.58. The second-order valence-corrected chi connectivity index (χ2v) is 4.87. The molecule has 1 atom stereocenters. The van der Waals surface area contributed by atoms with Crippen LogP contribution in [0.1, 0.15) is 31.4 Å². The molecule has 1 aliphatic heterocycles. The Balaban J connectivity index is 2.07. The van der Waals surface area contributed by atoms with E-state index in [0.717, 1.165) is 31.0 Å². The van der Waals surface area contributed by atoms with Crippen molar-refractivity contribution in [3.8, 4) is 0 Å². The first-order valence-corrected chi connectivity index (χ1v) is 6.23. The maximum Gasteiger partial charge on any atom is 0.0564 e. The van der Waals surface area contributed by atoms with E-state index in [1.165, 1.54) is 5.56 Å². The molecule has 0 radical (unpaired) electrons. The summed E-state index contributed by atoms with van der Waals surface area (Å²) in [5, 5.41) is 10.3. The van der Waals surface area contributed by atoms with Crippen molar-refractivity contribution in [3.05, 3.63) is 34.9 Å². The average molecular weight is 240 g/mol. The summed E-state index contributed by atoms with van der Waals surface area (Å²) in [6, 6.07) is 8.33. The predicted octanol–water partition coefficient (Wildman–Crippen LogP) is 2.86. The molecule has 1 fully saturated rings. The van der Waals surface area contributed by atoms with E-state index < -0.39 is 0 Å². The summed E-state index contributed by atoms with van der Waals surface area (Å²) in [4.78, 5) is 2.38. The van der Waals surface area contributed by atoms with Gasteiger partial charge in [-0.05, 0) is 31.4 Å². The number of benzene rings is 1. The fraction of sp³-hybridized carbons (Fsp3) is 0.538. The van der Waals surface area contributed by atoms with Gasteiger partial charge in [0.2, 0.25) is 0 Å². The summed E-state index contributed by atoms with van der Waals surface area (Å²) in [6.07, 6.45) is 1.62. The Morgan fingerprint density at radius 2 is 1.94 bits per heavy atom. The maximum absolute atomic E-state index is 9.48. The highest BCUT2D eigenvalue weighted by Gasteiger charge is 2.23. The summed E-state index contributed by atoms with van der Waals surface area (Å²) in [5.41, 5.74) is 1.18. The van der Waals surface area contributed by atoms with Gasteiger partial charge in [-0.1, -0.05) is 29.8 Å². The number of aliphatic hydroxyl groups excluding tert-OH is 1. The van der Waals surface area contributed by atoms with Gasteiger partial charge < -0.3 is 5.11 Å². The zero-order valence-corrected chi connectivity index (χ0v) is 10.3. The molecule has 2 rings (SSSR count). The molecule has 16 heavy (non-hydrogen) atoms. The first kappa shape index (κ1) is 11.9. The van der Waals surface area contributed by atoms with E-state index in [1.54, 1.807) is 0 Å². The SMILES string of the molecule is CC(c1ccccc1Cl)N1CCC(O)CC1. The van der Waals surface area contributed by atoms with Crippen LogP contribution in [0.2, 0.25) is 5.02 Å². The van der Waals surface area contributed by atoms with Crippen molar-refractivity contribution in [2.75, 3.05) is 13.1 Å². The van der Waals surface area contributed by atoms with Gasteiger partial charge in [-0.3, -0.25) is 4.90 Å². The number of likely N-dealkylation sites (tertiary alicyclic amines) is 1. The van der Waals surface area contributed by atoms with Crippen LogP contribution in [-0.2, 0) is 0 Å². The van der Waals surface area contributed by atoms with Crippen molar-refractivity contribution in [1.82, 2.24) is 4.90 Å². The van der Waals surface area contributed by atoms with E-state index in [2.05, 4.69) is 17.9 Å². The molecule has 88 valence electrons. The maximum atomic E-state index is 9.48. The Bertz CT molecular complexity index is 348. The minimum absolute atomic E-state index is 0.116. The van der Waals surface area contributed by atoms with Crippen LogP contribution in [-0.4, -0.2) is 29.2 Å². The summed E-state index contributed by atoms with van der Waals surface area (Å²) in [6.45, 7) is 4.08. The van der Waals surface area contributed by atoms with E-state index in [4.69, 9.17) is 11.6 Å². The largest absolute Gasteiger partial charge is 0.393 e. The van der Waals surface area contributed by atoms with Gasteiger partial charge >= 0.3 is 0 Å². The Morgan fingerprint density at radius 1 is 1.31 bits per heavy atom. The van der Waals surface area contributed by atoms with Crippen molar-refractivity contribution in [2.24, 2.45) is 0 Å². The van der Waals surface area contributed by atoms with E-state index >= 15 is 0 Å². The van der Waals surface area contributed by atoms with Crippen LogP contribution in [0.4, 0.5) is 0 Å². The molecular weight excluding hydrogens is 222 g/mol. The molecule has 1 aromatic carbocycles. The second-order valence-electron chi connectivity index (χ2n) is 4.46. The third-order valence-electron chi connectivity index (χ3n) is 3.40. The standard InChI is InChI=1S/C13H18ClNO/c1-10(12-4-2-3-5-13(12)14)15-8-6-11(16)7-9-15/h2-5,10-11,16H,6-9H2,1H3. The van der Waals surface area contributed by atoms with E-state index in [-0.39, 0.29) is 6.10 Å². The number of hydrogen-bond donors (Lipinski definition) is 1. The quantitative estimate of drug-likeness (QED) is 0.858. The second kappa shape index (κ2) is 5.17. The topological polar surface area (TPSA) is 23.5 Å². The fourth-order valence-electron chi connectivity index (χ4n) is 2.28. The van der Waals surface area contributed by atoms with E-state index in [0.29, 0.717) is 6.04 Å². The van der Waals surface area contributed by atoms with Gasteiger partial charge in [-0.2, -0.15) is 0 Å². The number of nitrogens with zero attached hydrogens (tertiary/aromatic N) is 1. The van der Waals surface area contributed by atoms with Crippen molar-refractivity contribution in [1.29, 1.82) is 0 Å².